The van der Waals surface area contributed by atoms with Gasteiger partial charge in [-0.3, -0.25) is 9.69 Å². The monoisotopic (exact) mass is 455 g/mol. The van der Waals surface area contributed by atoms with E-state index in [4.69, 9.17) is 4.74 Å². The Morgan fingerprint density at radius 2 is 1.83 bits per heavy atom. The summed E-state index contributed by atoms with van der Waals surface area (Å²) in [6.45, 7) is 6.01. The predicted molar refractivity (Wildman–Crippen MR) is 120 cm³/mol. The maximum Gasteiger partial charge on any atom is 0.241 e. The highest BCUT2D eigenvalue weighted by Crippen LogP contribution is 2.21. The molecule has 2 aliphatic heterocycles. The van der Waals surface area contributed by atoms with Crippen molar-refractivity contribution in [3.05, 3.63) is 30.3 Å². The van der Waals surface area contributed by atoms with Gasteiger partial charge in [-0.15, -0.1) is 0 Å². The summed E-state index contributed by atoms with van der Waals surface area (Å²) < 4.78 is 33.6. The molecular weight excluding hydrogens is 422 g/mol. The first kappa shape index (κ1) is 23.5. The molecular formula is C21H33N3O4S2. The van der Waals surface area contributed by atoms with Crippen LogP contribution < -0.4 is 4.72 Å². The minimum Gasteiger partial charge on any atom is -0.379 e. The van der Waals surface area contributed by atoms with Gasteiger partial charge in [0.1, 0.15) is 6.04 Å². The lowest BCUT2D eigenvalue weighted by Crippen LogP contribution is -2.51. The molecule has 0 aliphatic carbocycles. The number of ether oxygens (including phenoxy) is 1. The molecule has 30 heavy (non-hydrogen) atoms. The van der Waals surface area contributed by atoms with E-state index in [0.717, 1.165) is 51.4 Å². The number of hydrogen-bond acceptors (Lipinski definition) is 6. The van der Waals surface area contributed by atoms with Gasteiger partial charge >= 0.3 is 0 Å². The normalized spacial score (nSPS) is 20.2. The van der Waals surface area contributed by atoms with Gasteiger partial charge in [-0.05, 0) is 49.3 Å². The fourth-order valence-corrected chi connectivity index (χ4v) is 5.74. The molecule has 1 aromatic rings. The molecule has 0 spiro atoms. The molecule has 1 aromatic carbocycles. The van der Waals surface area contributed by atoms with Crippen LogP contribution in [-0.2, 0) is 19.6 Å². The van der Waals surface area contributed by atoms with Gasteiger partial charge < -0.3 is 9.64 Å². The molecule has 1 amide bonds. The van der Waals surface area contributed by atoms with Crippen molar-refractivity contribution in [2.24, 2.45) is 5.92 Å². The molecule has 2 saturated heterocycles. The van der Waals surface area contributed by atoms with Crippen molar-refractivity contribution in [3.8, 4) is 0 Å². The molecule has 9 heteroatoms. The highest BCUT2D eigenvalue weighted by atomic mass is 32.2. The standard InChI is InChI=1S/C21H33N3O4S2/c1-29-16-9-20(22-30(26,27)19-5-3-2-4-6-19)21(25)24-10-7-18(8-11-24)17-23-12-14-28-15-13-23/h2-6,18,20,22H,7-17H2,1H3. The Balaban J connectivity index is 1.57. The number of carbonyl (C=O) groups is 1. The summed E-state index contributed by atoms with van der Waals surface area (Å²) in [4.78, 5) is 17.7. The first-order valence-corrected chi connectivity index (χ1v) is 13.5. The van der Waals surface area contributed by atoms with E-state index in [1.165, 1.54) is 0 Å². The van der Waals surface area contributed by atoms with E-state index in [2.05, 4.69) is 9.62 Å². The van der Waals surface area contributed by atoms with E-state index >= 15 is 0 Å². The second-order valence-electron chi connectivity index (χ2n) is 7.95. The zero-order valence-electron chi connectivity index (χ0n) is 17.7. The number of piperidine rings is 1. The third-order valence-corrected chi connectivity index (χ3v) is 7.94. The smallest absolute Gasteiger partial charge is 0.241 e. The summed E-state index contributed by atoms with van der Waals surface area (Å²) >= 11 is 1.61. The Morgan fingerprint density at radius 1 is 1.17 bits per heavy atom. The second-order valence-corrected chi connectivity index (χ2v) is 10.6. The Kier molecular flexibility index (Phi) is 9.00. The Hall–Kier alpha value is -1.13. The van der Waals surface area contributed by atoms with Crippen molar-refractivity contribution in [1.82, 2.24) is 14.5 Å². The maximum atomic E-state index is 13.2. The van der Waals surface area contributed by atoms with Crippen molar-refractivity contribution in [2.45, 2.75) is 30.2 Å². The molecule has 2 heterocycles. The van der Waals surface area contributed by atoms with Gasteiger partial charge in [0.15, 0.2) is 0 Å². The van der Waals surface area contributed by atoms with Gasteiger partial charge in [-0.25, -0.2) is 8.42 Å². The fraction of sp³-hybridized carbons (Fsp3) is 0.667. The number of amides is 1. The summed E-state index contributed by atoms with van der Waals surface area (Å²) in [6, 6.07) is 7.53. The van der Waals surface area contributed by atoms with E-state index in [0.29, 0.717) is 25.4 Å². The molecule has 168 valence electrons. The zero-order valence-corrected chi connectivity index (χ0v) is 19.3. The van der Waals surface area contributed by atoms with E-state index in [9.17, 15) is 13.2 Å². The number of benzene rings is 1. The molecule has 7 nitrogen and oxygen atoms in total. The van der Waals surface area contributed by atoms with Crippen LogP contribution in [0.4, 0.5) is 0 Å². The number of nitrogens with zero attached hydrogens (tertiary/aromatic N) is 2. The summed E-state index contributed by atoms with van der Waals surface area (Å²) in [5, 5.41) is 0. The summed E-state index contributed by atoms with van der Waals surface area (Å²) in [5.41, 5.74) is 0. The number of morpholine rings is 1. The number of hydrogen-bond donors (Lipinski definition) is 1. The summed E-state index contributed by atoms with van der Waals surface area (Å²) in [5.74, 6) is 1.20. The minimum atomic E-state index is -3.73. The molecule has 0 bridgehead atoms. The van der Waals surface area contributed by atoms with Crippen molar-refractivity contribution in [3.63, 3.8) is 0 Å². The third kappa shape index (κ3) is 6.68. The van der Waals surface area contributed by atoms with Crippen LogP contribution in [0.3, 0.4) is 0 Å². The van der Waals surface area contributed by atoms with Crippen LogP contribution in [0.1, 0.15) is 19.3 Å². The van der Waals surface area contributed by atoms with Crippen molar-refractivity contribution >= 4 is 27.7 Å². The molecule has 2 aliphatic rings. The number of carbonyl (C=O) groups excluding carboxylic acids is 1. The zero-order chi connectivity index (χ0) is 21.4. The third-order valence-electron chi connectivity index (χ3n) is 5.81. The van der Waals surface area contributed by atoms with E-state index in [1.54, 1.807) is 42.1 Å². The number of sulfonamides is 1. The van der Waals surface area contributed by atoms with Crippen LogP contribution in [0.15, 0.2) is 35.2 Å². The number of nitrogens with one attached hydrogen (secondary N) is 1. The van der Waals surface area contributed by atoms with Gasteiger partial charge in [-0.1, -0.05) is 18.2 Å². The molecule has 1 N–H and O–H groups in total. The lowest BCUT2D eigenvalue weighted by molar-refractivity contribution is -0.134. The molecule has 1 atom stereocenters. The largest absolute Gasteiger partial charge is 0.379 e. The molecule has 2 fully saturated rings. The van der Waals surface area contributed by atoms with Gasteiger partial charge in [0.05, 0.1) is 18.1 Å². The molecule has 0 saturated carbocycles. The van der Waals surface area contributed by atoms with Crippen LogP contribution in [0.5, 0.6) is 0 Å². The van der Waals surface area contributed by atoms with Gasteiger partial charge in [0.2, 0.25) is 15.9 Å². The van der Waals surface area contributed by atoms with E-state index < -0.39 is 16.1 Å². The highest BCUT2D eigenvalue weighted by Gasteiger charge is 2.31. The Labute approximate surface area is 184 Å². The predicted octanol–water partition coefficient (Wildman–Crippen LogP) is 1.66. The maximum absolute atomic E-state index is 13.2. The van der Waals surface area contributed by atoms with Crippen LogP contribution in [-0.4, -0.2) is 88.1 Å². The summed E-state index contributed by atoms with van der Waals surface area (Å²) in [6.07, 6.45) is 4.37. The molecule has 0 radical (unpaired) electrons. The molecule has 1 unspecified atom stereocenters. The van der Waals surface area contributed by atoms with Crippen molar-refractivity contribution in [2.75, 3.05) is 57.9 Å². The minimum absolute atomic E-state index is 0.103. The van der Waals surface area contributed by atoms with Gasteiger partial charge in [-0.2, -0.15) is 16.5 Å². The first-order valence-electron chi connectivity index (χ1n) is 10.6. The van der Waals surface area contributed by atoms with E-state index in [-0.39, 0.29) is 10.8 Å². The van der Waals surface area contributed by atoms with Crippen molar-refractivity contribution in [1.29, 1.82) is 0 Å². The Morgan fingerprint density at radius 3 is 2.47 bits per heavy atom. The molecule has 0 aromatic heterocycles. The second kappa shape index (κ2) is 11.5. The average molecular weight is 456 g/mol. The van der Waals surface area contributed by atoms with E-state index in [1.807, 2.05) is 11.2 Å². The number of likely N-dealkylation sites (tertiary alicyclic amines) is 1. The number of thioether (sulfide) groups is 1. The molecule has 3 rings (SSSR count). The van der Waals surface area contributed by atoms with Gasteiger partial charge in [0, 0.05) is 32.7 Å². The lowest BCUT2D eigenvalue weighted by Gasteiger charge is -2.37. The lowest BCUT2D eigenvalue weighted by atomic mass is 9.95. The van der Waals surface area contributed by atoms with Crippen LogP contribution in [0.2, 0.25) is 0 Å². The van der Waals surface area contributed by atoms with Crippen LogP contribution >= 0.6 is 11.8 Å². The SMILES string of the molecule is CSCCC(NS(=O)(=O)c1ccccc1)C(=O)N1CCC(CN2CCOCC2)CC1. The number of rotatable bonds is 9. The fourth-order valence-electron chi connectivity index (χ4n) is 4.03. The van der Waals surface area contributed by atoms with Crippen molar-refractivity contribution < 1.29 is 17.9 Å². The first-order chi connectivity index (χ1) is 14.5. The summed E-state index contributed by atoms with van der Waals surface area (Å²) in [7, 11) is -3.73. The van der Waals surface area contributed by atoms with Crippen LogP contribution in [0, 0.1) is 5.92 Å². The quantitative estimate of drug-likeness (QED) is 0.610. The van der Waals surface area contributed by atoms with Crippen LogP contribution in [0.25, 0.3) is 0 Å². The average Bonchev–Trinajstić information content (AvgIpc) is 2.78. The highest BCUT2D eigenvalue weighted by molar-refractivity contribution is 7.98. The van der Waals surface area contributed by atoms with Gasteiger partial charge in [0.25, 0.3) is 0 Å². The Bertz CT molecular complexity index is 762. The topological polar surface area (TPSA) is 79.0 Å².